The molecule has 2 rings (SSSR count). The molecule has 1 nitrogen and oxygen atoms in total. The van der Waals surface area contributed by atoms with Crippen molar-refractivity contribution in [2.24, 2.45) is 0 Å². The molecule has 1 heterocycles. The number of carbonyl (C=O) groups is 1. The molecule has 0 radical (unpaired) electrons. The van der Waals surface area contributed by atoms with Crippen molar-refractivity contribution < 1.29 is 4.79 Å². The fourth-order valence-electron chi connectivity index (χ4n) is 1.16. The van der Waals surface area contributed by atoms with Crippen molar-refractivity contribution in [1.29, 1.82) is 0 Å². The van der Waals surface area contributed by atoms with E-state index in [1.54, 1.807) is 11.3 Å². The van der Waals surface area contributed by atoms with Crippen LogP contribution in [0.25, 0.3) is 10.1 Å². The number of halogens is 2. The van der Waals surface area contributed by atoms with Gasteiger partial charge in [0.15, 0.2) is 6.29 Å². The number of aldehydes is 1. The molecule has 0 amide bonds. The first kappa shape index (κ1) is 9.85. The van der Waals surface area contributed by atoms with Gasteiger partial charge < -0.3 is 0 Å². The van der Waals surface area contributed by atoms with Crippen molar-refractivity contribution in [3.63, 3.8) is 0 Å². The summed E-state index contributed by atoms with van der Waals surface area (Å²) in [5.74, 6) is 0. The molecule has 2 aromatic rings. The van der Waals surface area contributed by atoms with Gasteiger partial charge in [0.05, 0.1) is 0 Å². The molecule has 4 heteroatoms. The molecule has 0 unspecified atom stereocenters. The molecule has 66 valence electrons. The Morgan fingerprint density at radius 3 is 2.85 bits per heavy atom. The zero-order valence-electron chi connectivity index (χ0n) is 6.38. The van der Waals surface area contributed by atoms with E-state index in [9.17, 15) is 4.79 Å². The molecule has 1 aromatic carbocycles. The van der Waals surface area contributed by atoms with Crippen molar-refractivity contribution >= 4 is 72.9 Å². The maximum Gasteiger partial charge on any atom is 0.151 e. The zero-order chi connectivity index (χ0) is 9.42. The predicted octanol–water partition coefficient (Wildman–Crippen LogP) is 3.92. The summed E-state index contributed by atoms with van der Waals surface area (Å²) in [6.07, 6.45) is 0.920. The normalized spacial score (nSPS) is 10.6. The van der Waals surface area contributed by atoms with Gasteiger partial charge in [-0.1, -0.05) is 0 Å². The van der Waals surface area contributed by atoms with Crippen LogP contribution in [0, 0.1) is 7.14 Å². The summed E-state index contributed by atoms with van der Waals surface area (Å²) in [5, 5.41) is 3.31. The minimum absolute atomic E-state index is 0.792. The lowest BCUT2D eigenvalue weighted by Crippen LogP contribution is -1.87. The first-order chi connectivity index (χ1) is 6.24. The van der Waals surface area contributed by atoms with Gasteiger partial charge in [0.2, 0.25) is 0 Å². The molecule has 0 N–H and O–H groups in total. The van der Waals surface area contributed by atoms with Gasteiger partial charge in [-0.25, -0.2) is 0 Å². The minimum Gasteiger partial charge on any atom is -0.298 e. The molecular weight excluding hydrogens is 410 g/mol. The Labute approximate surface area is 107 Å². The summed E-state index contributed by atoms with van der Waals surface area (Å²) in [5.41, 5.74) is 0.792. The average Bonchev–Trinajstić information content (AvgIpc) is 2.60. The van der Waals surface area contributed by atoms with Crippen LogP contribution in [0.1, 0.15) is 10.4 Å². The van der Waals surface area contributed by atoms with E-state index in [-0.39, 0.29) is 0 Å². The third kappa shape index (κ3) is 1.63. The number of thiophene rings is 1. The monoisotopic (exact) mass is 414 g/mol. The molecule has 0 aliphatic heterocycles. The standard InChI is InChI=1S/C9H4I2OS/c10-7-3-5(4-12)8(11)9-6(7)1-2-13-9/h1-4H. The summed E-state index contributed by atoms with van der Waals surface area (Å²) < 4.78 is 3.43. The van der Waals surface area contributed by atoms with Crippen molar-refractivity contribution in [3.05, 3.63) is 30.2 Å². The molecule has 0 saturated carbocycles. The Balaban J connectivity index is 2.93. The largest absolute Gasteiger partial charge is 0.298 e. The zero-order valence-corrected chi connectivity index (χ0v) is 11.5. The highest BCUT2D eigenvalue weighted by Gasteiger charge is 2.08. The Hall–Kier alpha value is 0.310. The van der Waals surface area contributed by atoms with E-state index in [4.69, 9.17) is 0 Å². The lowest BCUT2D eigenvalue weighted by Gasteiger charge is -2.00. The van der Waals surface area contributed by atoms with Crippen molar-refractivity contribution in [1.82, 2.24) is 0 Å². The van der Waals surface area contributed by atoms with Gasteiger partial charge >= 0.3 is 0 Å². The van der Waals surface area contributed by atoms with Crippen molar-refractivity contribution in [2.45, 2.75) is 0 Å². The van der Waals surface area contributed by atoms with Crippen LogP contribution in [0.15, 0.2) is 17.5 Å². The summed E-state index contributed by atoms with van der Waals surface area (Å²) in [6, 6.07) is 4.03. The maximum atomic E-state index is 10.7. The number of rotatable bonds is 1. The minimum atomic E-state index is 0.792. The molecule has 0 aliphatic rings. The Morgan fingerprint density at radius 1 is 1.38 bits per heavy atom. The third-order valence-electron chi connectivity index (χ3n) is 1.78. The number of fused-ring (bicyclic) bond motifs is 1. The van der Waals surface area contributed by atoms with E-state index in [2.05, 4.69) is 56.6 Å². The predicted molar refractivity (Wildman–Crippen MR) is 72.6 cm³/mol. The smallest absolute Gasteiger partial charge is 0.151 e. The molecular formula is C9H4I2OS. The summed E-state index contributed by atoms with van der Waals surface area (Å²) in [7, 11) is 0. The number of carbonyl (C=O) groups excluding carboxylic acids is 1. The maximum absolute atomic E-state index is 10.7. The van der Waals surface area contributed by atoms with E-state index >= 15 is 0 Å². The first-order valence-electron chi connectivity index (χ1n) is 3.54. The van der Waals surface area contributed by atoms with Gasteiger partial charge in [0, 0.05) is 22.8 Å². The summed E-state index contributed by atoms with van der Waals surface area (Å²) in [6.45, 7) is 0. The number of hydrogen-bond donors (Lipinski definition) is 0. The van der Waals surface area contributed by atoms with E-state index in [1.165, 1.54) is 10.1 Å². The Bertz CT molecular complexity index is 476. The van der Waals surface area contributed by atoms with E-state index in [0.29, 0.717) is 0 Å². The third-order valence-corrected chi connectivity index (χ3v) is 5.14. The van der Waals surface area contributed by atoms with Gasteiger partial charge in [0.1, 0.15) is 0 Å². The Kier molecular flexibility index (Phi) is 2.89. The van der Waals surface area contributed by atoms with Crippen LogP contribution in [0.3, 0.4) is 0 Å². The molecule has 0 fully saturated rings. The van der Waals surface area contributed by atoms with Gasteiger partial charge in [-0.2, -0.15) is 0 Å². The Morgan fingerprint density at radius 2 is 2.15 bits per heavy atom. The van der Waals surface area contributed by atoms with Gasteiger partial charge in [-0.05, 0) is 62.7 Å². The van der Waals surface area contributed by atoms with Gasteiger partial charge in [-0.3, -0.25) is 4.79 Å². The molecule has 0 atom stereocenters. The highest BCUT2D eigenvalue weighted by atomic mass is 127. The molecule has 0 bridgehead atoms. The fourth-order valence-corrected chi connectivity index (χ4v) is 3.95. The van der Waals surface area contributed by atoms with Crippen LogP contribution in [-0.2, 0) is 0 Å². The molecule has 13 heavy (non-hydrogen) atoms. The summed E-state index contributed by atoms with van der Waals surface area (Å²) in [4.78, 5) is 10.7. The summed E-state index contributed by atoms with van der Waals surface area (Å²) >= 11 is 6.18. The van der Waals surface area contributed by atoms with Gasteiger partial charge in [-0.15, -0.1) is 11.3 Å². The van der Waals surface area contributed by atoms with Crippen molar-refractivity contribution in [3.8, 4) is 0 Å². The second kappa shape index (κ2) is 3.82. The van der Waals surface area contributed by atoms with E-state index in [0.717, 1.165) is 19.0 Å². The SMILES string of the molecule is O=Cc1cc(I)c2ccsc2c1I. The first-order valence-corrected chi connectivity index (χ1v) is 6.58. The second-order valence-corrected chi connectivity index (χ2v) is 5.70. The topological polar surface area (TPSA) is 17.1 Å². The van der Waals surface area contributed by atoms with Crippen LogP contribution in [0.2, 0.25) is 0 Å². The molecule has 0 saturated heterocycles. The molecule has 1 aromatic heterocycles. The molecule has 0 spiro atoms. The van der Waals surface area contributed by atoms with Crippen LogP contribution in [0.4, 0.5) is 0 Å². The quantitative estimate of drug-likeness (QED) is 0.511. The van der Waals surface area contributed by atoms with Crippen LogP contribution in [-0.4, -0.2) is 6.29 Å². The lowest BCUT2D eigenvalue weighted by molar-refractivity contribution is 0.112. The fraction of sp³-hybridized carbons (Fsp3) is 0. The van der Waals surface area contributed by atoms with E-state index < -0.39 is 0 Å². The molecule has 0 aliphatic carbocycles. The highest BCUT2D eigenvalue weighted by Crippen LogP contribution is 2.31. The lowest BCUT2D eigenvalue weighted by atomic mass is 10.2. The van der Waals surface area contributed by atoms with Gasteiger partial charge in [0.25, 0.3) is 0 Å². The van der Waals surface area contributed by atoms with Crippen LogP contribution >= 0.6 is 56.5 Å². The van der Waals surface area contributed by atoms with Crippen molar-refractivity contribution in [2.75, 3.05) is 0 Å². The average molecular weight is 414 g/mol. The van der Waals surface area contributed by atoms with Crippen LogP contribution < -0.4 is 0 Å². The van der Waals surface area contributed by atoms with E-state index in [1.807, 2.05) is 6.07 Å². The second-order valence-electron chi connectivity index (χ2n) is 2.54. The highest BCUT2D eigenvalue weighted by molar-refractivity contribution is 14.1. The number of benzene rings is 1. The van der Waals surface area contributed by atoms with Crippen LogP contribution in [0.5, 0.6) is 0 Å². The number of hydrogen-bond acceptors (Lipinski definition) is 2.